The molecule has 2 aromatic rings. The first-order valence-corrected chi connectivity index (χ1v) is 6.78. The first kappa shape index (κ1) is 13.0. The highest BCUT2D eigenvalue weighted by Crippen LogP contribution is 2.23. The molecule has 2 nitrogen and oxygen atoms in total. The third-order valence-electron chi connectivity index (χ3n) is 3.17. The number of nitrogens with zero attached hydrogens (tertiary/aromatic N) is 1. The molecule has 0 radical (unpaired) electrons. The van der Waals surface area contributed by atoms with Gasteiger partial charge in [-0.1, -0.05) is 39.0 Å². The Balaban J connectivity index is 2.31. The van der Waals surface area contributed by atoms with Gasteiger partial charge < -0.3 is 5.32 Å². The molecule has 0 saturated carbocycles. The average molecular weight is 242 g/mol. The minimum atomic E-state index is 0.409. The van der Waals surface area contributed by atoms with Crippen molar-refractivity contribution in [2.24, 2.45) is 5.92 Å². The Bertz CT molecular complexity index is 505. The predicted octanol–water partition coefficient (Wildman–Crippen LogP) is 3.93. The van der Waals surface area contributed by atoms with Crippen molar-refractivity contribution in [1.29, 1.82) is 0 Å². The minimum Gasteiger partial charge on any atom is -0.310 e. The predicted molar refractivity (Wildman–Crippen MR) is 77.6 cm³/mol. The van der Waals surface area contributed by atoms with Crippen LogP contribution in [-0.4, -0.2) is 11.5 Å². The van der Waals surface area contributed by atoms with Gasteiger partial charge in [0, 0.05) is 17.6 Å². The molecule has 0 spiro atoms. The summed E-state index contributed by atoms with van der Waals surface area (Å²) in [6.07, 6.45) is 3.16. The molecule has 0 bridgehead atoms. The number of benzene rings is 1. The van der Waals surface area contributed by atoms with Crippen LogP contribution in [0.4, 0.5) is 0 Å². The number of pyridine rings is 1. The van der Waals surface area contributed by atoms with E-state index in [1.165, 1.54) is 10.9 Å². The lowest BCUT2D eigenvalue weighted by atomic mass is 9.97. The summed E-state index contributed by atoms with van der Waals surface area (Å²) in [7, 11) is 0. The van der Waals surface area contributed by atoms with E-state index in [1.807, 2.05) is 12.3 Å². The van der Waals surface area contributed by atoms with Crippen molar-refractivity contribution >= 4 is 10.9 Å². The van der Waals surface area contributed by atoms with Crippen LogP contribution >= 0.6 is 0 Å². The highest BCUT2D eigenvalue weighted by Gasteiger charge is 2.12. The van der Waals surface area contributed by atoms with Crippen molar-refractivity contribution in [3.8, 4) is 0 Å². The Labute approximate surface area is 109 Å². The first-order valence-electron chi connectivity index (χ1n) is 6.78. The molecule has 0 amide bonds. The number of para-hydroxylation sites is 1. The van der Waals surface area contributed by atoms with E-state index in [-0.39, 0.29) is 0 Å². The highest BCUT2D eigenvalue weighted by atomic mass is 14.9. The SMILES string of the molecule is CCNC(CC(C)C)c1cnc2ccccc2c1. The molecule has 1 heterocycles. The summed E-state index contributed by atoms with van der Waals surface area (Å²) < 4.78 is 0. The molecule has 0 aliphatic carbocycles. The number of nitrogens with one attached hydrogen (secondary N) is 1. The number of hydrogen-bond donors (Lipinski definition) is 1. The van der Waals surface area contributed by atoms with Gasteiger partial charge in [-0.25, -0.2) is 0 Å². The van der Waals surface area contributed by atoms with Gasteiger partial charge in [0.15, 0.2) is 0 Å². The summed E-state index contributed by atoms with van der Waals surface area (Å²) in [6, 6.07) is 11.0. The molecule has 2 heteroatoms. The molecular weight excluding hydrogens is 220 g/mol. The van der Waals surface area contributed by atoms with Gasteiger partial charge in [0.2, 0.25) is 0 Å². The van der Waals surface area contributed by atoms with Crippen molar-refractivity contribution in [2.45, 2.75) is 33.2 Å². The van der Waals surface area contributed by atoms with Crippen LogP contribution in [-0.2, 0) is 0 Å². The lowest BCUT2D eigenvalue weighted by molar-refractivity contribution is 0.438. The molecule has 18 heavy (non-hydrogen) atoms. The van der Waals surface area contributed by atoms with E-state index >= 15 is 0 Å². The van der Waals surface area contributed by atoms with Gasteiger partial charge in [0.1, 0.15) is 0 Å². The van der Waals surface area contributed by atoms with Gasteiger partial charge in [-0.15, -0.1) is 0 Å². The van der Waals surface area contributed by atoms with E-state index in [0.29, 0.717) is 12.0 Å². The van der Waals surface area contributed by atoms with Gasteiger partial charge >= 0.3 is 0 Å². The van der Waals surface area contributed by atoms with Crippen LogP contribution in [0.2, 0.25) is 0 Å². The molecular formula is C16H22N2. The quantitative estimate of drug-likeness (QED) is 0.859. The normalized spacial score (nSPS) is 13.1. The second-order valence-electron chi connectivity index (χ2n) is 5.20. The van der Waals surface area contributed by atoms with Crippen LogP contribution in [0.1, 0.15) is 38.8 Å². The Morgan fingerprint density at radius 3 is 2.72 bits per heavy atom. The van der Waals surface area contributed by atoms with Crippen LogP contribution in [0.3, 0.4) is 0 Å². The van der Waals surface area contributed by atoms with Crippen LogP contribution in [0.15, 0.2) is 36.5 Å². The van der Waals surface area contributed by atoms with E-state index in [0.717, 1.165) is 18.5 Å². The van der Waals surface area contributed by atoms with Crippen LogP contribution in [0.25, 0.3) is 10.9 Å². The van der Waals surface area contributed by atoms with Crippen LogP contribution in [0, 0.1) is 5.92 Å². The topological polar surface area (TPSA) is 24.9 Å². The fourth-order valence-electron chi connectivity index (χ4n) is 2.33. The van der Waals surface area contributed by atoms with E-state index in [1.54, 1.807) is 0 Å². The van der Waals surface area contributed by atoms with Crippen molar-refractivity contribution in [1.82, 2.24) is 10.3 Å². The highest BCUT2D eigenvalue weighted by molar-refractivity contribution is 5.78. The summed E-state index contributed by atoms with van der Waals surface area (Å²) in [6.45, 7) is 7.67. The zero-order chi connectivity index (χ0) is 13.0. The summed E-state index contributed by atoms with van der Waals surface area (Å²) in [5, 5.41) is 4.78. The standard InChI is InChI=1S/C16H22N2/c1-4-17-16(9-12(2)3)14-10-13-7-5-6-8-15(13)18-11-14/h5-8,10-12,16-17H,4,9H2,1-3H3. The number of hydrogen-bond acceptors (Lipinski definition) is 2. The number of rotatable bonds is 5. The molecule has 1 aromatic carbocycles. The summed E-state index contributed by atoms with van der Waals surface area (Å²) in [5.41, 5.74) is 2.37. The molecule has 0 saturated heterocycles. The van der Waals surface area contributed by atoms with Gasteiger partial charge in [-0.05, 0) is 36.6 Å². The van der Waals surface area contributed by atoms with E-state index in [2.05, 4.69) is 55.3 Å². The lowest BCUT2D eigenvalue weighted by Crippen LogP contribution is -2.22. The lowest BCUT2D eigenvalue weighted by Gasteiger charge is -2.20. The van der Waals surface area contributed by atoms with Crippen molar-refractivity contribution in [2.75, 3.05) is 6.54 Å². The Morgan fingerprint density at radius 2 is 2.00 bits per heavy atom. The third-order valence-corrected chi connectivity index (χ3v) is 3.17. The van der Waals surface area contributed by atoms with E-state index in [4.69, 9.17) is 0 Å². The van der Waals surface area contributed by atoms with Crippen molar-refractivity contribution in [3.05, 3.63) is 42.1 Å². The van der Waals surface area contributed by atoms with Gasteiger partial charge in [0.05, 0.1) is 5.52 Å². The fraction of sp³-hybridized carbons (Fsp3) is 0.438. The first-order chi connectivity index (χ1) is 8.70. The molecule has 0 aliphatic heterocycles. The van der Waals surface area contributed by atoms with E-state index < -0.39 is 0 Å². The summed E-state index contributed by atoms with van der Waals surface area (Å²) >= 11 is 0. The zero-order valence-corrected chi connectivity index (χ0v) is 11.5. The molecule has 0 aliphatic rings. The van der Waals surface area contributed by atoms with Gasteiger partial charge in [0.25, 0.3) is 0 Å². The maximum Gasteiger partial charge on any atom is 0.0702 e. The molecule has 1 atom stereocenters. The van der Waals surface area contributed by atoms with Gasteiger partial charge in [-0.2, -0.15) is 0 Å². The maximum absolute atomic E-state index is 4.55. The molecule has 1 unspecified atom stereocenters. The van der Waals surface area contributed by atoms with Crippen LogP contribution in [0.5, 0.6) is 0 Å². The molecule has 1 N–H and O–H groups in total. The third kappa shape index (κ3) is 3.08. The second-order valence-corrected chi connectivity index (χ2v) is 5.20. The zero-order valence-electron chi connectivity index (χ0n) is 11.5. The van der Waals surface area contributed by atoms with Crippen LogP contribution < -0.4 is 5.32 Å². The van der Waals surface area contributed by atoms with Crippen molar-refractivity contribution < 1.29 is 0 Å². The Morgan fingerprint density at radius 1 is 1.22 bits per heavy atom. The Hall–Kier alpha value is -1.41. The smallest absolute Gasteiger partial charge is 0.0702 e. The minimum absolute atomic E-state index is 0.409. The number of fused-ring (bicyclic) bond motifs is 1. The molecule has 1 aromatic heterocycles. The number of aromatic nitrogens is 1. The molecule has 2 rings (SSSR count). The Kier molecular flexibility index (Phi) is 4.32. The fourth-order valence-corrected chi connectivity index (χ4v) is 2.33. The average Bonchev–Trinajstić information content (AvgIpc) is 2.37. The second kappa shape index (κ2) is 5.96. The maximum atomic E-state index is 4.55. The van der Waals surface area contributed by atoms with Crippen molar-refractivity contribution in [3.63, 3.8) is 0 Å². The largest absolute Gasteiger partial charge is 0.310 e. The summed E-state index contributed by atoms with van der Waals surface area (Å²) in [5.74, 6) is 0.681. The molecule has 96 valence electrons. The van der Waals surface area contributed by atoms with E-state index in [9.17, 15) is 0 Å². The monoisotopic (exact) mass is 242 g/mol. The van der Waals surface area contributed by atoms with Gasteiger partial charge in [-0.3, -0.25) is 4.98 Å². The summed E-state index contributed by atoms with van der Waals surface area (Å²) in [4.78, 5) is 4.55. The molecule has 0 fully saturated rings.